The molecule has 0 aliphatic carbocycles. The topological polar surface area (TPSA) is 91.8 Å². The van der Waals surface area contributed by atoms with Crippen molar-refractivity contribution in [1.29, 1.82) is 0 Å². The van der Waals surface area contributed by atoms with E-state index < -0.39 is 29.7 Å². The van der Waals surface area contributed by atoms with Crippen molar-refractivity contribution in [2.24, 2.45) is 11.8 Å². The number of aromatic nitrogens is 1. The summed E-state index contributed by atoms with van der Waals surface area (Å²) in [6.45, 7) is 6.61. The number of carbonyl (C=O) groups excluding carboxylic acids is 3. The van der Waals surface area contributed by atoms with Crippen molar-refractivity contribution in [2.45, 2.75) is 73.0 Å². The second-order valence-corrected chi connectivity index (χ2v) is 7.95. The number of rotatable bonds is 13. The third-order valence-corrected chi connectivity index (χ3v) is 4.99. The zero-order valence-corrected chi connectivity index (χ0v) is 20.4. The Morgan fingerprint density at radius 1 is 1.06 bits per heavy atom. The largest absolute Gasteiger partial charge is 0.461 e. The maximum atomic E-state index is 12.4. The van der Waals surface area contributed by atoms with Gasteiger partial charge in [-0.05, 0) is 26.7 Å². The van der Waals surface area contributed by atoms with E-state index in [0.29, 0.717) is 23.2 Å². The van der Waals surface area contributed by atoms with E-state index in [0.717, 1.165) is 6.42 Å². The van der Waals surface area contributed by atoms with Gasteiger partial charge in [0.05, 0.1) is 17.5 Å². The van der Waals surface area contributed by atoms with E-state index >= 15 is 0 Å². The maximum absolute atomic E-state index is 12.4. The van der Waals surface area contributed by atoms with Gasteiger partial charge in [0.1, 0.15) is 13.2 Å². The summed E-state index contributed by atoms with van der Waals surface area (Å²) in [5.74, 6) is 2.71. The van der Waals surface area contributed by atoms with Crippen LogP contribution in [-0.4, -0.2) is 22.9 Å². The number of ether oxygens (including phenoxy) is 3. The third kappa shape index (κ3) is 9.50. The number of pyridine rings is 1. The van der Waals surface area contributed by atoms with Crippen LogP contribution in [0.5, 0.6) is 5.75 Å². The van der Waals surface area contributed by atoms with Crippen LogP contribution >= 0.6 is 0 Å². The average molecular weight is 468 g/mol. The van der Waals surface area contributed by atoms with Crippen LogP contribution in [0.25, 0.3) is 0 Å². The highest BCUT2D eigenvalue weighted by Crippen LogP contribution is 2.28. The Morgan fingerprint density at radius 3 is 2.21 bits per heavy atom. The van der Waals surface area contributed by atoms with Gasteiger partial charge in [0, 0.05) is 36.6 Å². The summed E-state index contributed by atoms with van der Waals surface area (Å²) in [4.78, 5) is 41.2. The Labute approximate surface area is 202 Å². The Morgan fingerprint density at radius 2 is 1.65 bits per heavy atom. The Bertz CT molecular complexity index is 967. The SMILES string of the molecule is C#CCC(C)C(=O)OCc1cnc(C)c(OC(=O)CCC/C=C\C)c1COC(=O)C(C)CC#C. The molecule has 0 saturated carbocycles. The predicted octanol–water partition coefficient (Wildman–Crippen LogP) is 4.45. The van der Waals surface area contributed by atoms with Crippen LogP contribution in [0.15, 0.2) is 18.3 Å². The van der Waals surface area contributed by atoms with Crippen molar-refractivity contribution in [3.63, 3.8) is 0 Å². The molecule has 0 aromatic carbocycles. The first-order valence-electron chi connectivity index (χ1n) is 11.2. The van der Waals surface area contributed by atoms with E-state index in [9.17, 15) is 14.4 Å². The van der Waals surface area contributed by atoms with Gasteiger partial charge in [0.25, 0.3) is 0 Å². The number of esters is 3. The first-order chi connectivity index (χ1) is 16.2. The lowest BCUT2D eigenvalue weighted by atomic mass is 10.1. The van der Waals surface area contributed by atoms with Crippen LogP contribution < -0.4 is 4.74 Å². The second kappa shape index (κ2) is 15.3. The first kappa shape index (κ1) is 28.5. The van der Waals surface area contributed by atoms with Gasteiger partial charge in [-0.25, -0.2) is 0 Å². The molecule has 0 aliphatic heterocycles. The lowest BCUT2D eigenvalue weighted by molar-refractivity contribution is -0.150. The van der Waals surface area contributed by atoms with Crippen LogP contribution in [0.4, 0.5) is 0 Å². The fourth-order valence-electron chi connectivity index (χ4n) is 2.89. The number of carbonyl (C=O) groups is 3. The molecule has 0 fully saturated rings. The van der Waals surface area contributed by atoms with Crippen LogP contribution in [-0.2, 0) is 37.1 Å². The molecule has 0 aliphatic rings. The summed E-state index contributed by atoms with van der Waals surface area (Å²) in [6, 6.07) is 0. The van der Waals surface area contributed by atoms with E-state index in [4.69, 9.17) is 27.1 Å². The van der Waals surface area contributed by atoms with Gasteiger partial charge in [0.15, 0.2) is 5.75 Å². The molecule has 0 spiro atoms. The van der Waals surface area contributed by atoms with Crippen molar-refractivity contribution in [3.05, 3.63) is 35.2 Å². The molecule has 2 atom stereocenters. The molecule has 2 unspecified atom stereocenters. The summed E-state index contributed by atoms with van der Waals surface area (Å²) >= 11 is 0. The van der Waals surface area contributed by atoms with Gasteiger partial charge in [-0.15, -0.1) is 24.7 Å². The molecule has 7 heteroatoms. The smallest absolute Gasteiger partial charge is 0.311 e. The van der Waals surface area contributed by atoms with Gasteiger partial charge in [-0.1, -0.05) is 26.0 Å². The highest BCUT2D eigenvalue weighted by molar-refractivity contribution is 5.74. The molecule has 0 N–H and O–H groups in total. The monoisotopic (exact) mass is 467 g/mol. The third-order valence-electron chi connectivity index (χ3n) is 4.99. The molecule has 182 valence electrons. The molecule has 1 aromatic heterocycles. The second-order valence-electron chi connectivity index (χ2n) is 7.95. The molecule has 0 radical (unpaired) electrons. The van der Waals surface area contributed by atoms with E-state index in [1.807, 2.05) is 19.1 Å². The van der Waals surface area contributed by atoms with Crippen molar-refractivity contribution in [3.8, 4) is 30.4 Å². The van der Waals surface area contributed by atoms with Gasteiger partial charge in [0.2, 0.25) is 0 Å². The molecule has 0 amide bonds. The summed E-state index contributed by atoms with van der Waals surface area (Å²) < 4.78 is 16.4. The number of aryl methyl sites for hydroxylation is 1. The molecule has 0 bridgehead atoms. The van der Waals surface area contributed by atoms with E-state index in [1.54, 1.807) is 20.8 Å². The molecular formula is C27H33NO6. The molecule has 1 rings (SSSR count). The van der Waals surface area contributed by atoms with Crippen molar-refractivity contribution in [1.82, 2.24) is 4.98 Å². The summed E-state index contributed by atoms with van der Waals surface area (Å²) in [5.41, 5.74) is 1.31. The molecule has 34 heavy (non-hydrogen) atoms. The summed E-state index contributed by atoms with van der Waals surface area (Å²) in [7, 11) is 0. The first-order valence-corrected chi connectivity index (χ1v) is 11.2. The lowest BCUT2D eigenvalue weighted by Gasteiger charge is -2.18. The van der Waals surface area contributed by atoms with Crippen LogP contribution in [0.3, 0.4) is 0 Å². The fourth-order valence-corrected chi connectivity index (χ4v) is 2.89. The molecular weight excluding hydrogens is 434 g/mol. The normalized spacial score (nSPS) is 12.3. The van der Waals surface area contributed by atoms with E-state index in [-0.39, 0.29) is 38.2 Å². The molecule has 0 saturated heterocycles. The zero-order chi connectivity index (χ0) is 25.5. The zero-order valence-electron chi connectivity index (χ0n) is 20.4. The van der Waals surface area contributed by atoms with Crippen molar-refractivity contribution < 1.29 is 28.6 Å². The molecule has 1 heterocycles. The highest BCUT2D eigenvalue weighted by atomic mass is 16.5. The van der Waals surface area contributed by atoms with Gasteiger partial charge in [-0.3, -0.25) is 19.4 Å². The lowest BCUT2D eigenvalue weighted by Crippen LogP contribution is -2.18. The number of allylic oxidation sites excluding steroid dienone is 2. The quantitative estimate of drug-likeness (QED) is 0.183. The Kier molecular flexibility index (Phi) is 12.8. The number of hydrogen-bond donors (Lipinski definition) is 0. The minimum Gasteiger partial charge on any atom is -0.461 e. The van der Waals surface area contributed by atoms with Gasteiger partial charge in [-0.2, -0.15) is 0 Å². The van der Waals surface area contributed by atoms with Crippen molar-refractivity contribution in [2.75, 3.05) is 0 Å². The van der Waals surface area contributed by atoms with Crippen LogP contribution in [0.2, 0.25) is 0 Å². The summed E-state index contributed by atoms with van der Waals surface area (Å²) in [6.07, 6.45) is 18.0. The number of unbranched alkanes of at least 4 members (excludes halogenated alkanes) is 1. The fraction of sp³-hybridized carbons (Fsp3) is 0.481. The van der Waals surface area contributed by atoms with Crippen LogP contribution in [0, 0.1) is 43.4 Å². The summed E-state index contributed by atoms with van der Waals surface area (Å²) in [5, 5.41) is 0. The highest BCUT2D eigenvalue weighted by Gasteiger charge is 2.22. The Balaban J connectivity index is 3.13. The predicted molar refractivity (Wildman–Crippen MR) is 128 cm³/mol. The number of nitrogens with zero attached hydrogens (tertiary/aromatic N) is 1. The number of terminal acetylenes is 2. The van der Waals surface area contributed by atoms with Gasteiger partial charge < -0.3 is 14.2 Å². The number of hydrogen-bond acceptors (Lipinski definition) is 7. The van der Waals surface area contributed by atoms with E-state index in [1.165, 1.54) is 6.20 Å². The maximum Gasteiger partial charge on any atom is 0.311 e. The van der Waals surface area contributed by atoms with Crippen LogP contribution in [0.1, 0.15) is 69.7 Å². The van der Waals surface area contributed by atoms with E-state index in [2.05, 4.69) is 16.8 Å². The molecule has 7 nitrogen and oxygen atoms in total. The minimum absolute atomic E-state index is 0.139. The van der Waals surface area contributed by atoms with Gasteiger partial charge >= 0.3 is 17.9 Å². The standard InChI is InChI=1S/C27H33NO6/c1-7-10-11-12-15-24(29)34-25-21(6)28-16-22(17-32-26(30)19(4)13-8-2)23(25)18-33-27(31)20(5)14-9-3/h2-3,7,10,16,19-20H,11-15,17-18H2,1,4-6H3/b10-7-. The Hall–Kier alpha value is -3.58. The molecule has 1 aromatic rings. The minimum atomic E-state index is -0.489. The average Bonchev–Trinajstić information content (AvgIpc) is 2.81. The van der Waals surface area contributed by atoms with Crippen molar-refractivity contribution >= 4 is 17.9 Å².